The van der Waals surface area contributed by atoms with Crippen LogP contribution in [0.3, 0.4) is 0 Å². The molecule has 0 saturated carbocycles. The topological polar surface area (TPSA) is 76.3 Å². The second kappa shape index (κ2) is 8.99. The highest BCUT2D eigenvalue weighted by molar-refractivity contribution is 7.13. The zero-order valence-electron chi connectivity index (χ0n) is 14.5. The zero-order chi connectivity index (χ0) is 18.2. The summed E-state index contributed by atoms with van der Waals surface area (Å²) in [7, 11) is 3.90. The van der Waals surface area contributed by atoms with Crippen LogP contribution in [0.25, 0.3) is 0 Å². The minimum atomic E-state index is -0.367. The highest BCUT2D eigenvalue weighted by Crippen LogP contribution is 2.17. The number of nitrogens with zero attached hydrogens (tertiary/aromatic N) is 4. The first-order valence-corrected chi connectivity index (χ1v) is 8.74. The predicted molar refractivity (Wildman–Crippen MR) is 99.2 cm³/mol. The summed E-state index contributed by atoms with van der Waals surface area (Å²) < 4.78 is 13.8. The number of guanidine groups is 1. The van der Waals surface area contributed by atoms with Crippen LogP contribution >= 0.6 is 11.3 Å². The van der Waals surface area contributed by atoms with Crippen LogP contribution in [-0.2, 0) is 13.1 Å². The first-order valence-electron chi connectivity index (χ1n) is 7.86. The number of hydrogen-bond donors (Lipinski definition) is 2. The molecule has 1 aromatic carbocycles. The number of hydrogen-bond acceptors (Lipinski definition) is 5. The van der Waals surface area contributed by atoms with Gasteiger partial charge in [-0.25, -0.2) is 14.4 Å². The van der Waals surface area contributed by atoms with Crippen LogP contribution in [0, 0.1) is 17.1 Å². The molecule has 0 unspecified atom stereocenters. The zero-order valence-corrected chi connectivity index (χ0v) is 15.3. The lowest BCUT2D eigenvalue weighted by Gasteiger charge is -2.11. The fourth-order valence-electron chi connectivity index (χ4n) is 2.03. The van der Waals surface area contributed by atoms with Crippen LogP contribution < -0.4 is 15.5 Å². The Morgan fingerprint density at radius 1 is 1.40 bits per heavy atom. The monoisotopic (exact) mass is 360 g/mol. The molecule has 6 nitrogen and oxygen atoms in total. The Kier molecular flexibility index (Phi) is 6.71. The number of nitriles is 1. The van der Waals surface area contributed by atoms with Crippen LogP contribution in [0.1, 0.15) is 23.7 Å². The van der Waals surface area contributed by atoms with Crippen molar-refractivity contribution in [1.82, 2.24) is 15.6 Å². The van der Waals surface area contributed by atoms with Crippen molar-refractivity contribution in [2.24, 2.45) is 4.99 Å². The lowest BCUT2D eigenvalue weighted by atomic mass is 10.1. The summed E-state index contributed by atoms with van der Waals surface area (Å²) >= 11 is 1.57. The number of halogens is 1. The van der Waals surface area contributed by atoms with Crippen molar-refractivity contribution in [1.29, 1.82) is 5.26 Å². The number of nitrogens with one attached hydrogen (secondary N) is 2. The van der Waals surface area contributed by atoms with Crippen LogP contribution in [0.5, 0.6) is 0 Å². The molecule has 8 heteroatoms. The van der Waals surface area contributed by atoms with Gasteiger partial charge in [0.15, 0.2) is 11.1 Å². The quantitative estimate of drug-likeness (QED) is 0.611. The van der Waals surface area contributed by atoms with Gasteiger partial charge in [-0.05, 0) is 25.1 Å². The summed E-state index contributed by atoms with van der Waals surface area (Å²) in [6.45, 7) is 3.32. The molecule has 2 rings (SSSR count). The summed E-state index contributed by atoms with van der Waals surface area (Å²) in [5.74, 6) is 0.206. The Morgan fingerprint density at radius 3 is 2.84 bits per heavy atom. The first-order chi connectivity index (χ1) is 12.0. The molecule has 25 heavy (non-hydrogen) atoms. The SMILES string of the molecule is CCNC(=NCc1cc(C#N)ccc1F)NCc1csc(N(C)C)n1. The van der Waals surface area contributed by atoms with E-state index in [0.29, 0.717) is 30.2 Å². The first kappa shape index (κ1) is 18.7. The third-order valence-electron chi connectivity index (χ3n) is 3.29. The van der Waals surface area contributed by atoms with Crippen molar-refractivity contribution in [3.63, 3.8) is 0 Å². The Bertz CT molecular complexity index is 778. The minimum Gasteiger partial charge on any atom is -0.357 e. The summed E-state index contributed by atoms with van der Waals surface area (Å²) in [6.07, 6.45) is 0. The van der Waals surface area contributed by atoms with E-state index in [1.165, 1.54) is 18.2 Å². The number of benzene rings is 1. The molecular weight excluding hydrogens is 339 g/mol. The summed E-state index contributed by atoms with van der Waals surface area (Å²) in [5.41, 5.74) is 1.72. The van der Waals surface area contributed by atoms with Crippen molar-refractivity contribution in [3.8, 4) is 6.07 Å². The molecule has 0 aliphatic heterocycles. The molecule has 0 fully saturated rings. The van der Waals surface area contributed by atoms with Gasteiger partial charge in [-0.15, -0.1) is 11.3 Å². The molecule has 132 valence electrons. The number of rotatable bonds is 6. The van der Waals surface area contributed by atoms with E-state index in [4.69, 9.17) is 5.26 Å². The van der Waals surface area contributed by atoms with E-state index in [1.807, 2.05) is 37.4 Å². The van der Waals surface area contributed by atoms with E-state index in [1.54, 1.807) is 11.3 Å². The standard InChI is InChI=1S/C17H21FN6S/c1-4-20-16(22-10-14-11-25-17(23-14)24(2)3)21-9-13-7-12(8-19)5-6-15(13)18/h5-7,11H,4,9-10H2,1-3H3,(H2,20,21,22). The molecule has 0 spiro atoms. The van der Waals surface area contributed by atoms with Crippen LogP contribution in [0.2, 0.25) is 0 Å². The lowest BCUT2D eigenvalue weighted by molar-refractivity contribution is 0.610. The maximum Gasteiger partial charge on any atom is 0.191 e. The van der Waals surface area contributed by atoms with Gasteiger partial charge in [0.25, 0.3) is 0 Å². The molecular formula is C17H21FN6S. The molecule has 0 radical (unpaired) electrons. The molecule has 0 atom stereocenters. The number of aromatic nitrogens is 1. The number of aliphatic imine (C=N–C) groups is 1. The van der Waals surface area contributed by atoms with E-state index in [-0.39, 0.29) is 12.4 Å². The van der Waals surface area contributed by atoms with Crippen molar-refractivity contribution in [3.05, 3.63) is 46.2 Å². The van der Waals surface area contributed by atoms with E-state index in [0.717, 1.165) is 10.8 Å². The molecule has 1 aromatic heterocycles. The highest BCUT2D eigenvalue weighted by atomic mass is 32.1. The number of thiazole rings is 1. The molecule has 0 bridgehead atoms. The summed E-state index contributed by atoms with van der Waals surface area (Å²) in [5, 5.41) is 18.2. The van der Waals surface area contributed by atoms with Crippen LogP contribution in [0.4, 0.5) is 9.52 Å². The average Bonchev–Trinajstić information content (AvgIpc) is 3.08. The third kappa shape index (κ3) is 5.43. The predicted octanol–water partition coefficient (Wildman–Crippen LogP) is 2.48. The molecule has 0 aliphatic rings. The molecule has 0 amide bonds. The fourth-order valence-corrected chi connectivity index (χ4v) is 2.79. The molecule has 0 aliphatic carbocycles. The van der Waals surface area contributed by atoms with Crippen LogP contribution in [-0.4, -0.2) is 31.6 Å². The highest BCUT2D eigenvalue weighted by Gasteiger charge is 2.06. The molecule has 0 saturated heterocycles. The summed E-state index contributed by atoms with van der Waals surface area (Å²) in [6, 6.07) is 6.28. The van der Waals surface area contributed by atoms with Crippen molar-refractivity contribution >= 4 is 22.4 Å². The number of anilines is 1. The molecule has 2 aromatic rings. The normalized spacial score (nSPS) is 11.1. The van der Waals surface area contributed by atoms with Crippen molar-refractivity contribution < 1.29 is 4.39 Å². The third-order valence-corrected chi connectivity index (χ3v) is 4.34. The minimum absolute atomic E-state index is 0.150. The second-order valence-corrected chi connectivity index (χ2v) is 6.32. The Morgan fingerprint density at radius 2 is 2.20 bits per heavy atom. The molecule has 1 heterocycles. The average molecular weight is 360 g/mol. The van der Waals surface area contributed by atoms with Crippen molar-refractivity contribution in [2.45, 2.75) is 20.0 Å². The lowest BCUT2D eigenvalue weighted by Crippen LogP contribution is -2.36. The molecule has 2 N–H and O–H groups in total. The maximum atomic E-state index is 13.8. The van der Waals surface area contributed by atoms with Gasteiger partial charge >= 0.3 is 0 Å². The van der Waals surface area contributed by atoms with Gasteiger partial charge in [-0.3, -0.25) is 0 Å². The largest absolute Gasteiger partial charge is 0.357 e. The summed E-state index contributed by atoms with van der Waals surface area (Å²) in [4.78, 5) is 10.8. The van der Waals surface area contributed by atoms with Crippen LogP contribution in [0.15, 0.2) is 28.6 Å². The van der Waals surface area contributed by atoms with Gasteiger partial charge in [0, 0.05) is 31.6 Å². The van der Waals surface area contributed by atoms with E-state index < -0.39 is 0 Å². The smallest absolute Gasteiger partial charge is 0.191 e. The fraction of sp³-hybridized carbons (Fsp3) is 0.353. The van der Waals surface area contributed by atoms with Gasteiger partial charge in [0.2, 0.25) is 0 Å². The Balaban J connectivity index is 2.04. The van der Waals surface area contributed by atoms with Gasteiger partial charge in [-0.2, -0.15) is 5.26 Å². The van der Waals surface area contributed by atoms with Gasteiger partial charge in [-0.1, -0.05) is 0 Å². The Hall–Kier alpha value is -2.66. The van der Waals surface area contributed by atoms with E-state index >= 15 is 0 Å². The van der Waals surface area contributed by atoms with E-state index in [9.17, 15) is 4.39 Å². The van der Waals surface area contributed by atoms with Gasteiger partial charge in [0.1, 0.15) is 5.82 Å². The Labute approximate surface area is 151 Å². The second-order valence-electron chi connectivity index (χ2n) is 5.48. The maximum absolute atomic E-state index is 13.8. The van der Waals surface area contributed by atoms with Crippen molar-refractivity contribution in [2.75, 3.05) is 25.5 Å². The van der Waals surface area contributed by atoms with E-state index in [2.05, 4.69) is 20.6 Å². The van der Waals surface area contributed by atoms with Gasteiger partial charge < -0.3 is 15.5 Å². The van der Waals surface area contributed by atoms with Gasteiger partial charge in [0.05, 0.1) is 30.4 Å².